The second-order valence-electron chi connectivity index (χ2n) is 11.5. The van der Waals surface area contributed by atoms with E-state index in [0.29, 0.717) is 11.8 Å². The first-order chi connectivity index (χ1) is 23.2. The minimum atomic E-state index is -3.20. The van der Waals surface area contributed by atoms with E-state index >= 15 is 0 Å². The average Bonchev–Trinajstić information content (AvgIpc) is 3.08. The Morgan fingerprint density at radius 3 is 1.00 bits per heavy atom. The third-order valence-corrected chi connectivity index (χ3v) is 12.3. The average molecular weight is 900 g/mol. The Kier molecular flexibility index (Phi) is 16.0. The van der Waals surface area contributed by atoms with E-state index in [9.17, 15) is 32.0 Å². The van der Waals surface area contributed by atoms with Crippen molar-refractivity contribution in [2.75, 3.05) is 0 Å². The number of halogens is 7. The molecule has 11 heteroatoms. The standard InChI is InChI=1S/2C16H18I.C6BF5O3/c2*1-12(2)14-6-10-16(11-7-14)17-15-8-4-13(3)5-9-15;8-1-2(9)4(11)6(15-7(13)14)5(12)3(1)10/h2*4-12H,1-3H3;/q2*+1;-2. The summed E-state index contributed by atoms with van der Waals surface area (Å²) in [5, 5.41) is 19.7. The molecule has 0 atom stereocenters. The van der Waals surface area contributed by atoms with Crippen LogP contribution in [0.5, 0.6) is 5.75 Å². The summed E-state index contributed by atoms with van der Waals surface area (Å²) in [5.41, 5.74) is 5.55. The van der Waals surface area contributed by atoms with E-state index < -0.39 is 42.2 Å². The molecule has 5 rings (SSSR count). The molecule has 5 aromatic rings. The Balaban J connectivity index is 0.000000200. The molecule has 0 aliphatic heterocycles. The van der Waals surface area contributed by atoms with Crippen LogP contribution in [0.15, 0.2) is 97.1 Å². The molecular weight excluding hydrogens is 864 g/mol. The van der Waals surface area contributed by atoms with Crippen molar-refractivity contribution in [2.24, 2.45) is 0 Å². The highest BCUT2D eigenvalue weighted by molar-refractivity contribution is 6.29. The Labute approximate surface area is 306 Å². The summed E-state index contributed by atoms with van der Waals surface area (Å²) in [7, 11) is -3.20. The first-order valence-corrected chi connectivity index (χ1v) is 19.6. The maximum absolute atomic E-state index is 12.6. The highest BCUT2D eigenvalue weighted by Gasteiger charge is 2.26. The number of rotatable bonds is 8. The van der Waals surface area contributed by atoms with Crippen molar-refractivity contribution in [1.29, 1.82) is 0 Å². The van der Waals surface area contributed by atoms with Gasteiger partial charge in [-0.3, -0.25) is 0 Å². The van der Waals surface area contributed by atoms with E-state index in [4.69, 9.17) is 0 Å². The van der Waals surface area contributed by atoms with Gasteiger partial charge in [-0.2, -0.15) is 8.78 Å². The lowest BCUT2D eigenvalue weighted by Crippen LogP contribution is -3.61. The minimum Gasteiger partial charge on any atom is -0.860 e. The van der Waals surface area contributed by atoms with Crippen molar-refractivity contribution in [3.05, 3.63) is 163 Å². The lowest BCUT2D eigenvalue weighted by atomic mass is 10.0. The molecule has 0 amide bonds. The van der Waals surface area contributed by atoms with Gasteiger partial charge in [0.15, 0.2) is 20.0 Å². The summed E-state index contributed by atoms with van der Waals surface area (Å²) >= 11 is -0.0334. The van der Waals surface area contributed by atoms with Crippen LogP contribution >= 0.6 is 0 Å². The lowest BCUT2D eigenvalue weighted by molar-refractivity contribution is -0.597. The largest absolute Gasteiger partial charge is 0.860 e. The van der Waals surface area contributed by atoms with Crippen LogP contribution in [0.25, 0.3) is 0 Å². The van der Waals surface area contributed by atoms with Gasteiger partial charge in [0.05, 0.1) is 0 Å². The second kappa shape index (κ2) is 19.4. The summed E-state index contributed by atoms with van der Waals surface area (Å²) < 4.78 is 71.9. The van der Waals surface area contributed by atoms with Crippen molar-refractivity contribution in [2.45, 2.75) is 53.4 Å². The zero-order chi connectivity index (χ0) is 36.2. The van der Waals surface area contributed by atoms with E-state index in [1.807, 2.05) is 0 Å². The molecule has 0 saturated carbocycles. The molecule has 0 bridgehead atoms. The molecular formula is C38H36BF5I2O3. The van der Waals surface area contributed by atoms with Crippen LogP contribution in [-0.2, 0) is 0 Å². The predicted molar refractivity (Wildman–Crippen MR) is 171 cm³/mol. The molecule has 0 aliphatic carbocycles. The van der Waals surface area contributed by atoms with E-state index in [0.717, 1.165) is 0 Å². The first-order valence-electron chi connectivity index (χ1n) is 15.3. The summed E-state index contributed by atoms with van der Waals surface area (Å²) in [6.45, 7) is 13.2. The van der Waals surface area contributed by atoms with Gasteiger partial charge in [0, 0.05) is 0 Å². The van der Waals surface area contributed by atoms with Crippen LogP contribution in [0.1, 0.15) is 61.8 Å². The molecule has 0 saturated heterocycles. The predicted octanol–water partition coefficient (Wildman–Crippen LogP) is 1.96. The van der Waals surface area contributed by atoms with Gasteiger partial charge in [-0.25, -0.2) is 13.2 Å². The number of benzene rings is 5. The maximum atomic E-state index is 12.6. The van der Waals surface area contributed by atoms with E-state index in [-0.39, 0.29) is 42.4 Å². The van der Waals surface area contributed by atoms with Crippen LogP contribution in [0.2, 0.25) is 0 Å². The topological polar surface area (TPSA) is 55.3 Å². The molecule has 0 unspecified atom stereocenters. The van der Waals surface area contributed by atoms with E-state index in [1.165, 1.54) is 36.5 Å². The Bertz CT molecular complexity index is 1640. The Morgan fingerprint density at radius 2 is 0.735 bits per heavy atom. The van der Waals surface area contributed by atoms with Crippen molar-refractivity contribution in [3.8, 4) is 5.75 Å². The van der Waals surface area contributed by atoms with Gasteiger partial charge in [0.1, 0.15) is 7.32 Å². The molecule has 0 aromatic heterocycles. The smallest absolute Gasteiger partial charge is 0.357 e. The van der Waals surface area contributed by atoms with Gasteiger partial charge in [0.25, 0.3) is 0 Å². The third-order valence-electron chi connectivity index (χ3n) is 6.92. The first kappa shape index (κ1) is 40.4. The molecule has 258 valence electrons. The fourth-order valence-corrected chi connectivity index (χ4v) is 8.37. The van der Waals surface area contributed by atoms with Gasteiger partial charge in [-0.1, -0.05) is 87.4 Å². The molecule has 0 fully saturated rings. The van der Waals surface area contributed by atoms with E-state index in [2.05, 4.69) is 143 Å². The molecule has 0 N–H and O–H groups in total. The highest BCUT2D eigenvalue weighted by atomic mass is 127. The summed E-state index contributed by atoms with van der Waals surface area (Å²) in [5.74, 6) is -12.3. The van der Waals surface area contributed by atoms with Gasteiger partial charge in [-0.05, 0) is 85.3 Å². The van der Waals surface area contributed by atoms with Gasteiger partial charge in [0.2, 0.25) is 29.1 Å². The summed E-state index contributed by atoms with van der Waals surface area (Å²) in [6, 6.07) is 36.1. The zero-order valence-corrected chi connectivity index (χ0v) is 32.2. The van der Waals surface area contributed by atoms with Crippen LogP contribution < -0.4 is 57.1 Å². The number of aryl methyl sites for hydroxylation is 2. The third kappa shape index (κ3) is 12.7. The fraction of sp³-hybridized carbons (Fsp3) is 0.211. The van der Waals surface area contributed by atoms with Crippen molar-refractivity contribution >= 4 is 7.32 Å². The van der Waals surface area contributed by atoms with Gasteiger partial charge in [-0.15, -0.1) is 0 Å². The SMILES string of the molecule is Cc1ccc([I+]c2ccc(C(C)C)cc2)cc1.Cc1ccc([I+]c2ccc(C(C)C)cc2)cc1.[O-]B([O-])Oc1c(F)c(F)c(F)c(F)c1F. The van der Waals surface area contributed by atoms with Crippen molar-refractivity contribution in [1.82, 2.24) is 0 Å². The monoisotopic (exact) mass is 900 g/mol. The zero-order valence-electron chi connectivity index (χ0n) is 27.8. The molecule has 0 spiro atoms. The minimum absolute atomic E-state index is 0.0167. The van der Waals surface area contributed by atoms with Crippen molar-refractivity contribution in [3.63, 3.8) is 0 Å². The molecule has 49 heavy (non-hydrogen) atoms. The molecule has 5 aromatic carbocycles. The molecule has 0 aliphatic rings. The fourth-order valence-electron chi connectivity index (χ4n) is 4.05. The Morgan fingerprint density at radius 1 is 0.469 bits per heavy atom. The quantitative estimate of drug-likeness (QED) is 0.0789. The number of hydrogen-bond donors (Lipinski definition) is 0. The normalized spacial score (nSPS) is 10.7. The van der Waals surface area contributed by atoms with Crippen LogP contribution in [-0.4, -0.2) is 7.32 Å². The Hall–Kier alpha value is -3.01. The lowest BCUT2D eigenvalue weighted by Gasteiger charge is -2.27. The highest BCUT2D eigenvalue weighted by Crippen LogP contribution is 2.28. The van der Waals surface area contributed by atoms with Crippen LogP contribution in [0, 0.1) is 57.2 Å². The van der Waals surface area contributed by atoms with E-state index in [1.54, 1.807) is 0 Å². The molecule has 3 nitrogen and oxygen atoms in total. The summed E-state index contributed by atoms with van der Waals surface area (Å²) in [4.78, 5) is 0. The summed E-state index contributed by atoms with van der Waals surface area (Å²) in [6.07, 6.45) is 0. The molecule has 0 heterocycles. The van der Waals surface area contributed by atoms with Crippen molar-refractivity contribution < 1.29 is 79.1 Å². The van der Waals surface area contributed by atoms with Gasteiger partial charge >= 0.3 is 42.4 Å². The van der Waals surface area contributed by atoms with Gasteiger partial charge < -0.3 is 14.7 Å². The van der Waals surface area contributed by atoms with Crippen LogP contribution in [0.4, 0.5) is 22.0 Å². The van der Waals surface area contributed by atoms with Crippen LogP contribution in [0.3, 0.4) is 0 Å². The molecule has 0 radical (unpaired) electrons. The second-order valence-corrected chi connectivity index (χ2v) is 17.6. The number of hydrogen-bond acceptors (Lipinski definition) is 3. The maximum Gasteiger partial charge on any atom is 0.357 e.